The third kappa shape index (κ3) is 4.72. The molecular weight excluding hydrogens is 366 g/mol. The van der Waals surface area contributed by atoms with Crippen LogP contribution in [0.3, 0.4) is 0 Å². The first kappa shape index (κ1) is 19.4. The number of carbonyl (C=O) groups is 1. The molecule has 1 aliphatic rings. The first-order chi connectivity index (χ1) is 14.2. The van der Waals surface area contributed by atoms with Crippen LogP contribution < -0.4 is 10.1 Å². The van der Waals surface area contributed by atoms with Gasteiger partial charge in [-0.3, -0.25) is 4.79 Å². The van der Waals surface area contributed by atoms with Crippen LogP contribution in [-0.4, -0.2) is 39.1 Å². The van der Waals surface area contributed by atoms with Gasteiger partial charge >= 0.3 is 0 Å². The number of fused-ring (bicyclic) bond motifs is 1. The number of aryl methyl sites for hydroxylation is 1. The molecule has 0 atom stereocenters. The number of amides is 1. The van der Waals surface area contributed by atoms with E-state index in [1.165, 1.54) is 5.69 Å². The zero-order chi connectivity index (χ0) is 20.1. The van der Waals surface area contributed by atoms with Gasteiger partial charge in [-0.25, -0.2) is 9.50 Å². The van der Waals surface area contributed by atoms with Gasteiger partial charge in [0.25, 0.3) is 5.78 Å². The number of ether oxygens (including phenoxy) is 1. The maximum atomic E-state index is 12.2. The van der Waals surface area contributed by atoms with E-state index in [1.807, 2.05) is 41.0 Å². The second-order valence-electron chi connectivity index (χ2n) is 7.71. The Morgan fingerprint density at radius 1 is 1.14 bits per heavy atom. The number of aromatic nitrogens is 4. The topological polar surface area (TPSA) is 81.4 Å². The predicted molar refractivity (Wildman–Crippen MR) is 110 cm³/mol. The van der Waals surface area contributed by atoms with E-state index in [4.69, 9.17) is 4.74 Å². The van der Waals surface area contributed by atoms with E-state index >= 15 is 0 Å². The minimum atomic E-state index is 0.126. The summed E-state index contributed by atoms with van der Waals surface area (Å²) in [4.78, 5) is 20.6. The predicted octanol–water partition coefficient (Wildman–Crippen LogP) is 3.16. The van der Waals surface area contributed by atoms with Gasteiger partial charge in [0.05, 0.1) is 12.8 Å². The number of nitrogens with one attached hydrogen (secondary N) is 1. The first-order valence-corrected chi connectivity index (χ1v) is 10.3. The van der Waals surface area contributed by atoms with Crippen molar-refractivity contribution in [3.05, 3.63) is 54.1 Å². The van der Waals surface area contributed by atoms with E-state index in [2.05, 4.69) is 20.4 Å². The average molecular weight is 393 g/mol. The normalized spacial score (nSPS) is 19.2. The van der Waals surface area contributed by atoms with Crippen LogP contribution in [0.15, 0.2) is 42.9 Å². The van der Waals surface area contributed by atoms with Crippen LogP contribution in [0.1, 0.15) is 49.3 Å². The van der Waals surface area contributed by atoms with Crippen molar-refractivity contribution in [3.8, 4) is 5.75 Å². The van der Waals surface area contributed by atoms with Crippen molar-refractivity contribution >= 4 is 11.7 Å². The molecule has 1 aliphatic carbocycles. The second-order valence-corrected chi connectivity index (χ2v) is 7.71. The molecule has 2 heterocycles. The summed E-state index contributed by atoms with van der Waals surface area (Å²) in [5.41, 5.74) is 2.34. The Morgan fingerprint density at radius 3 is 2.69 bits per heavy atom. The Morgan fingerprint density at radius 2 is 1.93 bits per heavy atom. The van der Waals surface area contributed by atoms with Crippen molar-refractivity contribution in [2.45, 2.75) is 44.4 Å². The fourth-order valence-electron chi connectivity index (χ4n) is 4.12. The van der Waals surface area contributed by atoms with Crippen LogP contribution in [0.2, 0.25) is 0 Å². The highest BCUT2D eigenvalue weighted by molar-refractivity contribution is 5.76. The lowest BCUT2D eigenvalue weighted by Crippen LogP contribution is -2.31. The molecule has 1 N–H and O–H groups in total. The summed E-state index contributed by atoms with van der Waals surface area (Å²) < 4.78 is 7.02. The molecule has 0 aliphatic heterocycles. The summed E-state index contributed by atoms with van der Waals surface area (Å²) in [5.74, 6) is 2.65. The lowest BCUT2D eigenvalue weighted by molar-refractivity contribution is -0.121. The van der Waals surface area contributed by atoms with Gasteiger partial charge in [-0.05, 0) is 61.8 Å². The van der Waals surface area contributed by atoms with Crippen LogP contribution in [0.5, 0.6) is 5.75 Å². The van der Waals surface area contributed by atoms with Crippen LogP contribution in [0.4, 0.5) is 0 Å². The van der Waals surface area contributed by atoms with Crippen molar-refractivity contribution in [1.82, 2.24) is 24.9 Å². The molecule has 1 amide bonds. The van der Waals surface area contributed by atoms with Crippen LogP contribution in [-0.2, 0) is 11.2 Å². The zero-order valence-corrected chi connectivity index (χ0v) is 16.8. The first-order valence-electron chi connectivity index (χ1n) is 10.3. The Kier molecular flexibility index (Phi) is 6.03. The van der Waals surface area contributed by atoms with E-state index in [0.29, 0.717) is 24.0 Å². The molecule has 0 saturated heterocycles. The third-order valence-electron chi connectivity index (χ3n) is 5.86. The van der Waals surface area contributed by atoms with E-state index in [0.717, 1.165) is 50.0 Å². The van der Waals surface area contributed by atoms with Crippen molar-refractivity contribution in [3.63, 3.8) is 0 Å². The molecule has 0 radical (unpaired) electrons. The summed E-state index contributed by atoms with van der Waals surface area (Å²) >= 11 is 0. The van der Waals surface area contributed by atoms with Crippen molar-refractivity contribution in [1.29, 1.82) is 0 Å². The molecule has 1 fully saturated rings. The number of hydrogen-bond acceptors (Lipinski definition) is 5. The summed E-state index contributed by atoms with van der Waals surface area (Å²) in [6.45, 7) is 0.767. The van der Waals surface area contributed by atoms with Gasteiger partial charge in [0.1, 0.15) is 12.1 Å². The Hall–Kier alpha value is -2.96. The monoisotopic (exact) mass is 393 g/mol. The summed E-state index contributed by atoms with van der Waals surface area (Å²) in [6.07, 6.45) is 9.06. The Bertz CT molecular complexity index is 945. The molecule has 7 nitrogen and oxygen atoms in total. The molecule has 0 spiro atoms. The van der Waals surface area contributed by atoms with E-state index in [1.54, 1.807) is 13.4 Å². The smallest absolute Gasteiger partial charge is 0.252 e. The van der Waals surface area contributed by atoms with Gasteiger partial charge in [-0.1, -0.05) is 12.1 Å². The number of nitrogens with zero attached hydrogens (tertiary/aromatic N) is 4. The highest BCUT2D eigenvalue weighted by Gasteiger charge is 2.24. The van der Waals surface area contributed by atoms with Gasteiger partial charge in [0.15, 0.2) is 0 Å². The van der Waals surface area contributed by atoms with E-state index in [-0.39, 0.29) is 5.91 Å². The number of carbonyl (C=O) groups excluding carboxylic acids is 1. The molecule has 4 rings (SSSR count). The highest BCUT2D eigenvalue weighted by atomic mass is 16.5. The van der Waals surface area contributed by atoms with E-state index < -0.39 is 0 Å². The molecule has 152 valence electrons. The maximum absolute atomic E-state index is 12.2. The van der Waals surface area contributed by atoms with Crippen molar-refractivity contribution in [2.24, 2.45) is 5.92 Å². The van der Waals surface area contributed by atoms with Gasteiger partial charge in [0, 0.05) is 25.1 Å². The molecule has 2 aromatic heterocycles. The minimum Gasteiger partial charge on any atom is -0.497 e. The van der Waals surface area contributed by atoms with Crippen molar-refractivity contribution < 1.29 is 9.53 Å². The number of methoxy groups -OCH3 is 1. The second kappa shape index (κ2) is 9.03. The number of hydrogen-bond donors (Lipinski definition) is 1. The summed E-state index contributed by atoms with van der Waals surface area (Å²) in [6, 6.07) is 9.94. The largest absolute Gasteiger partial charge is 0.497 e. The number of benzene rings is 1. The quantitative estimate of drug-likeness (QED) is 0.667. The lowest BCUT2D eigenvalue weighted by Gasteiger charge is -2.28. The standard InChI is InChI=1S/C22H27N5O2/c1-29-19-9-4-16(5-10-19)6-11-21(28)24-14-17-2-7-18(8-3-17)20-12-13-23-22-25-15-26-27(20)22/h4-5,9-10,12-13,15,17-18H,2-3,6-8,11,14H2,1H3,(H,24,28). The molecule has 29 heavy (non-hydrogen) atoms. The van der Waals surface area contributed by atoms with Crippen LogP contribution in [0, 0.1) is 5.92 Å². The van der Waals surface area contributed by atoms with Gasteiger partial charge in [-0.15, -0.1) is 0 Å². The van der Waals surface area contributed by atoms with Gasteiger partial charge in [-0.2, -0.15) is 10.1 Å². The molecule has 7 heteroatoms. The molecule has 1 saturated carbocycles. The maximum Gasteiger partial charge on any atom is 0.252 e. The Labute approximate surface area is 170 Å². The molecule has 0 bridgehead atoms. The average Bonchev–Trinajstić information content (AvgIpc) is 3.26. The van der Waals surface area contributed by atoms with Crippen LogP contribution in [0.25, 0.3) is 5.78 Å². The SMILES string of the molecule is COc1ccc(CCC(=O)NCC2CCC(c3ccnc4ncnn34)CC2)cc1. The fraction of sp³-hybridized carbons (Fsp3) is 0.455. The van der Waals surface area contributed by atoms with Crippen molar-refractivity contribution in [2.75, 3.05) is 13.7 Å². The molecule has 1 aromatic carbocycles. The van der Waals surface area contributed by atoms with Gasteiger partial charge in [0.2, 0.25) is 5.91 Å². The summed E-state index contributed by atoms with van der Waals surface area (Å²) in [5, 5.41) is 7.43. The molecular formula is C22H27N5O2. The zero-order valence-electron chi connectivity index (χ0n) is 16.8. The fourth-order valence-corrected chi connectivity index (χ4v) is 4.12. The van der Waals surface area contributed by atoms with Crippen LogP contribution >= 0.6 is 0 Å². The molecule has 3 aromatic rings. The molecule has 0 unspecified atom stereocenters. The highest BCUT2D eigenvalue weighted by Crippen LogP contribution is 2.35. The summed E-state index contributed by atoms with van der Waals surface area (Å²) in [7, 11) is 1.65. The Balaban J connectivity index is 1.20. The minimum absolute atomic E-state index is 0.126. The van der Waals surface area contributed by atoms with Gasteiger partial charge < -0.3 is 10.1 Å². The van der Waals surface area contributed by atoms with E-state index in [9.17, 15) is 4.79 Å². The lowest BCUT2D eigenvalue weighted by atomic mass is 9.80. The number of rotatable bonds is 7. The third-order valence-corrected chi connectivity index (χ3v) is 5.86.